The zero-order valence-corrected chi connectivity index (χ0v) is 21.0. The number of rotatable bonds is 4. The van der Waals surface area contributed by atoms with Crippen LogP contribution >= 0.6 is 0 Å². The SMILES string of the molecule is Cc1cc(C(=O)N2CCN(c3ccnc(N4CCN(C(C)C)CC4)n3)CC2)n(C(C)(C)C)n1. The number of hydrogen-bond donors (Lipinski definition) is 0. The van der Waals surface area contributed by atoms with E-state index in [4.69, 9.17) is 4.98 Å². The van der Waals surface area contributed by atoms with E-state index in [1.165, 1.54) is 0 Å². The van der Waals surface area contributed by atoms with Crippen LogP contribution in [0.3, 0.4) is 0 Å². The van der Waals surface area contributed by atoms with E-state index >= 15 is 0 Å². The number of anilines is 2. The van der Waals surface area contributed by atoms with Crippen LogP contribution < -0.4 is 9.80 Å². The van der Waals surface area contributed by atoms with Crippen LogP contribution in [0.1, 0.15) is 50.8 Å². The minimum Gasteiger partial charge on any atom is -0.353 e. The third kappa shape index (κ3) is 5.13. The number of amides is 1. The molecule has 2 aromatic rings. The average molecular weight is 455 g/mol. The monoisotopic (exact) mass is 454 g/mol. The molecule has 33 heavy (non-hydrogen) atoms. The molecule has 180 valence electrons. The summed E-state index contributed by atoms with van der Waals surface area (Å²) in [4.78, 5) is 31.6. The Balaban J connectivity index is 1.39. The lowest BCUT2D eigenvalue weighted by molar-refractivity contribution is 0.0726. The Kier molecular flexibility index (Phi) is 6.61. The molecule has 0 spiro atoms. The molecule has 1 amide bonds. The minimum absolute atomic E-state index is 0.0524. The van der Waals surface area contributed by atoms with Crippen molar-refractivity contribution in [2.75, 3.05) is 62.2 Å². The van der Waals surface area contributed by atoms with E-state index in [-0.39, 0.29) is 11.4 Å². The predicted molar refractivity (Wildman–Crippen MR) is 131 cm³/mol. The van der Waals surface area contributed by atoms with Crippen molar-refractivity contribution in [1.82, 2.24) is 29.5 Å². The van der Waals surface area contributed by atoms with Gasteiger partial charge < -0.3 is 14.7 Å². The van der Waals surface area contributed by atoms with Crippen molar-refractivity contribution in [2.45, 2.75) is 53.1 Å². The van der Waals surface area contributed by atoms with Gasteiger partial charge in [0.25, 0.3) is 5.91 Å². The Labute approximate surface area is 197 Å². The fraction of sp³-hybridized carbons (Fsp3) is 0.667. The number of carbonyl (C=O) groups is 1. The summed E-state index contributed by atoms with van der Waals surface area (Å²) in [7, 11) is 0. The lowest BCUT2D eigenvalue weighted by atomic mass is 10.1. The fourth-order valence-corrected chi connectivity index (χ4v) is 4.57. The molecule has 0 aromatic carbocycles. The third-order valence-electron chi connectivity index (χ3n) is 6.53. The van der Waals surface area contributed by atoms with Crippen molar-refractivity contribution >= 4 is 17.7 Å². The maximum atomic E-state index is 13.3. The number of nitrogens with zero attached hydrogens (tertiary/aromatic N) is 8. The highest BCUT2D eigenvalue weighted by Gasteiger charge is 2.29. The van der Waals surface area contributed by atoms with Gasteiger partial charge in [-0.25, -0.2) is 4.98 Å². The molecule has 2 saturated heterocycles. The van der Waals surface area contributed by atoms with Crippen molar-refractivity contribution < 1.29 is 4.79 Å². The molecule has 9 nitrogen and oxygen atoms in total. The van der Waals surface area contributed by atoms with E-state index in [2.05, 4.69) is 59.4 Å². The van der Waals surface area contributed by atoms with Crippen LogP contribution in [0.15, 0.2) is 18.3 Å². The normalized spacial score (nSPS) is 18.3. The molecule has 9 heteroatoms. The Hall–Kier alpha value is -2.68. The van der Waals surface area contributed by atoms with Crippen LogP contribution in [0.25, 0.3) is 0 Å². The van der Waals surface area contributed by atoms with Gasteiger partial charge in [0.15, 0.2) is 0 Å². The molecule has 2 aliphatic rings. The number of aryl methyl sites for hydroxylation is 1. The standard InChI is InChI=1S/C24H38N8O/c1-18(2)28-9-15-31(16-10-28)23-25-8-7-21(26-23)29-11-13-30(14-12-29)22(33)20-17-19(3)27-32(20)24(4,5)6/h7-8,17-18H,9-16H2,1-6H3. The van der Waals surface area contributed by atoms with Gasteiger partial charge in [-0.1, -0.05) is 0 Å². The van der Waals surface area contributed by atoms with Crippen LogP contribution in [0, 0.1) is 6.92 Å². The van der Waals surface area contributed by atoms with Crippen LogP contribution in [-0.4, -0.2) is 93.9 Å². The first-order valence-electron chi connectivity index (χ1n) is 12.1. The quantitative estimate of drug-likeness (QED) is 0.701. The molecule has 4 heterocycles. The van der Waals surface area contributed by atoms with E-state index in [0.717, 1.165) is 56.7 Å². The molecule has 2 fully saturated rings. The average Bonchev–Trinajstić information content (AvgIpc) is 3.21. The second-order valence-electron chi connectivity index (χ2n) is 10.4. The van der Waals surface area contributed by atoms with E-state index in [0.29, 0.717) is 24.8 Å². The first-order chi connectivity index (χ1) is 15.6. The number of carbonyl (C=O) groups excluding carboxylic acids is 1. The van der Waals surface area contributed by atoms with Crippen LogP contribution in [-0.2, 0) is 5.54 Å². The van der Waals surface area contributed by atoms with E-state index in [1.54, 1.807) is 0 Å². The molecule has 2 aromatic heterocycles. The van der Waals surface area contributed by atoms with Crippen LogP contribution in [0.2, 0.25) is 0 Å². The molecule has 0 atom stereocenters. The van der Waals surface area contributed by atoms with Crippen molar-refractivity contribution in [3.8, 4) is 0 Å². The smallest absolute Gasteiger partial charge is 0.272 e. The largest absolute Gasteiger partial charge is 0.353 e. The molecule has 2 aliphatic heterocycles. The summed E-state index contributed by atoms with van der Waals surface area (Å²) in [6.07, 6.45) is 1.86. The predicted octanol–water partition coefficient (Wildman–Crippen LogP) is 2.23. The van der Waals surface area contributed by atoms with Crippen LogP contribution in [0.4, 0.5) is 11.8 Å². The van der Waals surface area contributed by atoms with Gasteiger partial charge in [0.2, 0.25) is 5.95 Å². The number of piperazine rings is 2. The van der Waals surface area contributed by atoms with Crippen LogP contribution in [0.5, 0.6) is 0 Å². The number of hydrogen-bond acceptors (Lipinski definition) is 7. The van der Waals surface area contributed by atoms with Gasteiger partial charge in [-0.15, -0.1) is 0 Å². The second kappa shape index (κ2) is 9.29. The summed E-state index contributed by atoms with van der Waals surface area (Å²) < 4.78 is 1.85. The van der Waals surface area contributed by atoms with E-state index in [1.807, 2.05) is 34.8 Å². The summed E-state index contributed by atoms with van der Waals surface area (Å²) in [5.74, 6) is 1.80. The van der Waals surface area contributed by atoms with Gasteiger partial charge in [0.05, 0.1) is 11.2 Å². The molecule has 0 radical (unpaired) electrons. The topological polar surface area (TPSA) is 73.6 Å². The maximum Gasteiger partial charge on any atom is 0.272 e. The Bertz CT molecular complexity index is 963. The van der Waals surface area contributed by atoms with E-state index in [9.17, 15) is 4.79 Å². The summed E-state index contributed by atoms with van der Waals surface area (Å²) in [5.41, 5.74) is 1.30. The fourth-order valence-electron chi connectivity index (χ4n) is 4.57. The van der Waals surface area contributed by atoms with Gasteiger partial charge in [-0.2, -0.15) is 10.1 Å². The molecule has 0 unspecified atom stereocenters. The third-order valence-corrected chi connectivity index (χ3v) is 6.53. The lowest BCUT2D eigenvalue weighted by Crippen LogP contribution is -2.50. The second-order valence-corrected chi connectivity index (χ2v) is 10.4. The van der Waals surface area contributed by atoms with Gasteiger partial charge in [-0.3, -0.25) is 14.4 Å². The van der Waals surface area contributed by atoms with Gasteiger partial charge in [0, 0.05) is 64.6 Å². The Morgan fingerprint density at radius 1 is 0.970 bits per heavy atom. The highest BCUT2D eigenvalue weighted by atomic mass is 16.2. The Morgan fingerprint density at radius 3 is 2.21 bits per heavy atom. The zero-order valence-electron chi connectivity index (χ0n) is 21.0. The highest BCUT2D eigenvalue weighted by Crippen LogP contribution is 2.22. The van der Waals surface area contributed by atoms with E-state index < -0.39 is 0 Å². The lowest BCUT2D eigenvalue weighted by Gasteiger charge is -2.38. The molecule has 4 rings (SSSR count). The first kappa shape index (κ1) is 23.5. The zero-order chi connectivity index (χ0) is 23.8. The molecule has 0 aliphatic carbocycles. The summed E-state index contributed by atoms with van der Waals surface area (Å²) >= 11 is 0. The number of aromatic nitrogens is 4. The summed E-state index contributed by atoms with van der Waals surface area (Å²) in [6, 6.07) is 4.45. The summed E-state index contributed by atoms with van der Waals surface area (Å²) in [6.45, 7) is 19.5. The Morgan fingerprint density at radius 2 is 1.61 bits per heavy atom. The van der Waals surface area contributed by atoms with Gasteiger partial charge in [0.1, 0.15) is 11.5 Å². The van der Waals surface area contributed by atoms with Gasteiger partial charge in [-0.05, 0) is 53.7 Å². The van der Waals surface area contributed by atoms with Crippen molar-refractivity contribution in [2.24, 2.45) is 0 Å². The minimum atomic E-state index is -0.237. The molecule has 0 saturated carbocycles. The maximum absolute atomic E-state index is 13.3. The summed E-state index contributed by atoms with van der Waals surface area (Å²) in [5, 5.41) is 4.56. The molecular weight excluding hydrogens is 416 g/mol. The molecule has 0 N–H and O–H groups in total. The van der Waals surface area contributed by atoms with Crippen molar-refractivity contribution in [3.05, 3.63) is 29.7 Å². The van der Waals surface area contributed by atoms with Crippen molar-refractivity contribution in [1.29, 1.82) is 0 Å². The first-order valence-corrected chi connectivity index (χ1v) is 12.1. The van der Waals surface area contributed by atoms with Crippen molar-refractivity contribution in [3.63, 3.8) is 0 Å². The van der Waals surface area contributed by atoms with Gasteiger partial charge >= 0.3 is 0 Å². The molecular formula is C24H38N8O. The highest BCUT2D eigenvalue weighted by molar-refractivity contribution is 5.93. The molecule has 0 bridgehead atoms.